The van der Waals surface area contributed by atoms with E-state index in [-0.39, 0.29) is 13.2 Å². The molecule has 5 nitrogen and oxygen atoms in total. The highest BCUT2D eigenvalue weighted by Gasteiger charge is 2.21. The highest BCUT2D eigenvalue weighted by atomic mass is 16.3. The van der Waals surface area contributed by atoms with Crippen LogP contribution in [0.15, 0.2) is 24.3 Å². The van der Waals surface area contributed by atoms with Gasteiger partial charge in [-0.2, -0.15) is 0 Å². The average Bonchev–Trinajstić information content (AvgIpc) is 2.53. The maximum Gasteiger partial charge on any atom is 0.313 e. The Kier molecular flexibility index (Phi) is 7.73. The number of hydrogen-bond acceptors (Lipinski definition) is 3. The third-order valence-electron chi connectivity index (χ3n) is 3.17. The molecule has 5 heteroatoms. The summed E-state index contributed by atoms with van der Waals surface area (Å²) < 4.78 is 0. The average molecular weight is 302 g/mol. The van der Waals surface area contributed by atoms with E-state index in [2.05, 4.69) is 18.2 Å². The fourth-order valence-electron chi connectivity index (χ4n) is 2.00. The molecule has 1 aromatic carbocycles. The summed E-state index contributed by atoms with van der Waals surface area (Å²) in [6.07, 6.45) is 8.10. The van der Waals surface area contributed by atoms with Gasteiger partial charge < -0.3 is 15.3 Å². The molecular formula is C17H22N2O3. The Hall–Kier alpha value is -2.32. The zero-order chi connectivity index (χ0) is 16.4. The molecule has 0 saturated heterocycles. The number of unbranched alkanes of at least 4 members (excludes halogenated alkanes) is 2. The van der Waals surface area contributed by atoms with Crippen LogP contribution in [0.25, 0.3) is 0 Å². The quantitative estimate of drug-likeness (QED) is 0.457. The molecule has 2 N–H and O–H groups in total. The summed E-state index contributed by atoms with van der Waals surface area (Å²) in [5.41, 5.74) is 1.10. The minimum absolute atomic E-state index is 0.153. The van der Waals surface area contributed by atoms with Crippen LogP contribution in [-0.4, -0.2) is 41.5 Å². The normalized spacial score (nSPS) is 9.86. The van der Waals surface area contributed by atoms with E-state index in [1.807, 2.05) is 0 Å². The number of carbonyl (C=O) groups excluding carboxylic acids is 2. The molecule has 0 aliphatic rings. The van der Waals surface area contributed by atoms with Gasteiger partial charge in [-0.15, -0.1) is 6.42 Å². The Morgan fingerprint density at radius 2 is 2.09 bits per heavy atom. The molecule has 0 aliphatic heterocycles. The van der Waals surface area contributed by atoms with Gasteiger partial charge in [-0.25, -0.2) is 0 Å². The predicted octanol–water partition coefficient (Wildman–Crippen LogP) is 1.62. The first kappa shape index (κ1) is 17.7. The number of nitrogens with one attached hydrogen (secondary N) is 1. The van der Waals surface area contributed by atoms with Crippen molar-refractivity contribution in [3.05, 3.63) is 29.8 Å². The molecule has 0 saturated carbocycles. The first-order valence-electron chi connectivity index (χ1n) is 7.40. The van der Waals surface area contributed by atoms with Gasteiger partial charge in [0.25, 0.3) is 0 Å². The summed E-state index contributed by atoms with van der Waals surface area (Å²) in [5, 5.41) is 11.6. The van der Waals surface area contributed by atoms with Crippen molar-refractivity contribution in [3.8, 4) is 12.3 Å². The molecule has 0 aromatic heterocycles. The van der Waals surface area contributed by atoms with Crippen LogP contribution in [0.2, 0.25) is 0 Å². The lowest BCUT2D eigenvalue weighted by Gasteiger charge is -2.21. The van der Waals surface area contributed by atoms with Crippen LogP contribution >= 0.6 is 0 Å². The summed E-state index contributed by atoms with van der Waals surface area (Å²) in [4.78, 5) is 25.5. The van der Waals surface area contributed by atoms with Crippen molar-refractivity contribution in [1.82, 2.24) is 4.90 Å². The number of terminal acetylenes is 1. The molecule has 0 fully saturated rings. The van der Waals surface area contributed by atoms with Crippen molar-refractivity contribution in [2.24, 2.45) is 0 Å². The van der Waals surface area contributed by atoms with Crippen LogP contribution in [0, 0.1) is 12.3 Å². The summed E-state index contributed by atoms with van der Waals surface area (Å²) in [6.45, 7) is 2.51. The van der Waals surface area contributed by atoms with Gasteiger partial charge in [-0.3, -0.25) is 9.59 Å². The van der Waals surface area contributed by atoms with Crippen LogP contribution in [0.4, 0.5) is 5.69 Å². The molecule has 0 unspecified atom stereocenters. The second kappa shape index (κ2) is 9.59. The van der Waals surface area contributed by atoms with Crippen molar-refractivity contribution in [2.75, 3.05) is 25.0 Å². The molecule has 1 rings (SSSR count). The Morgan fingerprint density at radius 3 is 2.73 bits per heavy atom. The standard InChI is InChI=1S/C17H22N2O3/c1-3-5-6-10-19(11-12-20)17(22)16(21)18-15-9-7-8-14(4-2)13-15/h2,7-9,13,20H,3,5-6,10-12H2,1H3,(H,18,21). The molecule has 1 aromatic rings. The van der Waals surface area contributed by atoms with Gasteiger partial charge in [0.15, 0.2) is 0 Å². The highest BCUT2D eigenvalue weighted by molar-refractivity contribution is 6.39. The van der Waals surface area contributed by atoms with Gasteiger partial charge in [-0.05, 0) is 24.6 Å². The molecule has 0 bridgehead atoms. The Labute approximate surface area is 131 Å². The lowest BCUT2D eigenvalue weighted by atomic mass is 10.2. The van der Waals surface area contributed by atoms with Crippen molar-refractivity contribution in [3.63, 3.8) is 0 Å². The SMILES string of the molecule is C#Cc1cccc(NC(=O)C(=O)N(CCO)CCCCC)c1. The second-order valence-corrected chi connectivity index (χ2v) is 4.90. The zero-order valence-electron chi connectivity index (χ0n) is 12.8. The Morgan fingerprint density at radius 1 is 1.32 bits per heavy atom. The number of rotatable bonds is 7. The molecule has 0 spiro atoms. The van der Waals surface area contributed by atoms with Crippen LogP contribution in [0.3, 0.4) is 0 Å². The maximum atomic E-state index is 12.1. The van der Waals surface area contributed by atoms with Gasteiger partial charge in [0.2, 0.25) is 0 Å². The minimum atomic E-state index is -0.723. The third-order valence-corrected chi connectivity index (χ3v) is 3.17. The van der Waals surface area contributed by atoms with Crippen LogP contribution in [-0.2, 0) is 9.59 Å². The van der Waals surface area contributed by atoms with Crippen molar-refractivity contribution in [2.45, 2.75) is 26.2 Å². The first-order valence-corrected chi connectivity index (χ1v) is 7.40. The van der Waals surface area contributed by atoms with Crippen molar-refractivity contribution < 1.29 is 14.7 Å². The fraction of sp³-hybridized carbons (Fsp3) is 0.412. The number of anilines is 1. The molecule has 118 valence electrons. The molecule has 0 radical (unpaired) electrons. The van der Waals surface area contributed by atoms with E-state index in [1.54, 1.807) is 24.3 Å². The number of hydrogen-bond donors (Lipinski definition) is 2. The van der Waals surface area contributed by atoms with Gasteiger partial charge in [0, 0.05) is 24.3 Å². The Bertz CT molecular complexity index is 549. The van der Waals surface area contributed by atoms with Gasteiger partial charge in [0.05, 0.1) is 6.61 Å². The molecular weight excluding hydrogens is 280 g/mol. The lowest BCUT2D eigenvalue weighted by Crippen LogP contribution is -2.41. The van der Waals surface area contributed by atoms with E-state index in [9.17, 15) is 9.59 Å². The fourth-order valence-corrected chi connectivity index (χ4v) is 2.00. The number of aliphatic hydroxyl groups excluding tert-OH is 1. The van der Waals surface area contributed by atoms with E-state index in [0.29, 0.717) is 17.8 Å². The Balaban J connectivity index is 2.67. The van der Waals surface area contributed by atoms with E-state index < -0.39 is 11.8 Å². The summed E-state index contributed by atoms with van der Waals surface area (Å²) in [6, 6.07) is 6.74. The van der Waals surface area contributed by atoms with Crippen molar-refractivity contribution >= 4 is 17.5 Å². The molecule has 2 amide bonds. The maximum absolute atomic E-state index is 12.1. The number of amides is 2. The molecule has 0 atom stereocenters. The summed E-state index contributed by atoms with van der Waals surface area (Å²) in [7, 11) is 0. The van der Waals surface area contributed by atoms with Gasteiger partial charge >= 0.3 is 11.8 Å². The molecule has 0 aliphatic carbocycles. The zero-order valence-corrected chi connectivity index (χ0v) is 12.8. The predicted molar refractivity (Wildman–Crippen MR) is 86.2 cm³/mol. The number of aliphatic hydroxyl groups is 1. The van der Waals surface area contributed by atoms with Crippen LogP contribution in [0.1, 0.15) is 31.7 Å². The highest BCUT2D eigenvalue weighted by Crippen LogP contribution is 2.10. The number of carbonyl (C=O) groups is 2. The summed E-state index contributed by atoms with van der Waals surface area (Å²) >= 11 is 0. The topological polar surface area (TPSA) is 69.6 Å². The lowest BCUT2D eigenvalue weighted by molar-refractivity contribution is -0.143. The van der Waals surface area contributed by atoms with Gasteiger partial charge in [0.1, 0.15) is 0 Å². The van der Waals surface area contributed by atoms with Crippen LogP contribution in [0.5, 0.6) is 0 Å². The minimum Gasteiger partial charge on any atom is -0.395 e. The number of benzene rings is 1. The van der Waals surface area contributed by atoms with Crippen molar-refractivity contribution in [1.29, 1.82) is 0 Å². The monoisotopic (exact) mass is 302 g/mol. The first-order chi connectivity index (χ1) is 10.6. The number of nitrogens with zero attached hydrogens (tertiary/aromatic N) is 1. The second-order valence-electron chi connectivity index (χ2n) is 4.90. The van der Waals surface area contributed by atoms with E-state index in [4.69, 9.17) is 11.5 Å². The summed E-state index contributed by atoms with van der Waals surface area (Å²) in [5.74, 6) is 1.10. The van der Waals surface area contributed by atoms with Gasteiger partial charge in [-0.1, -0.05) is 31.8 Å². The van der Waals surface area contributed by atoms with E-state index in [0.717, 1.165) is 19.3 Å². The van der Waals surface area contributed by atoms with E-state index >= 15 is 0 Å². The third kappa shape index (κ3) is 5.58. The van der Waals surface area contributed by atoms with E-state index in [1.165, 1.54) is 4.90 Å². The molecule has 0 heterocycles. The smallest absolute Gasteiger partial charge is 0.313 e. The largest absolute Gasteiger partial charge is 0.395 e. The molecule has 22 heavy (non-hydrogen) atoms. The van der Waals surface area contributed by atoms with Crippen LogP contribution < -0.4 is 5.32 Å².